The van der Waals surface area contributed by atoms with Gasteiger partial charge in [0.2, 0.25) is 0 Å². The molecule has 0 aliphatic rings. The Morgan fingerprint density at radius 1 is 1.31 bits per heavy atom. The Morgan fingerprint density at radius 2 is 2.06 bits per heavy atom. The van der Waals surface area contributed by atoms with E-state index in [9.17, 15) is 0 Å². The number of anilines is 1. The number of hydrogen-bond donors (Lipinski definition) is 1. The van der Waals surface area contributed by atoms with Crippen molar-refractivity contribution >= 4 is 28.3 Å². The van der Waals surface area contributed by atoms with E-state index in [2.05, 4.69) is 18.0 Å². The molecule has 0 atom stereocenters. The number of fused-ring (bicyclic) bond motifs is 1. The Balaban J connectivity index is 2.69. The summed E-state index contributed by atoms with van der Waals surface area (Å²) in [4.78, 5) is 4.45. The number of pyridine rings is 1. The number of aromatic nitrogens is 1. The number of halogens is 1. The molecule has 0 spiro atoms. The SMILES string of the molecule is CCCc1cc2cc(Cl)cc(C)c2nc1N. The van der Waals surface area contributed by atoms with E-state index in [1.54, 1.807) is 0 Å². The number of aryl methyl sites for hydroxylation is 2. The topological polar surface area (TPSA) is 38.9 Å². The van der Waals surface area contributed by atoms with Crippen LogP contribution in [0.15, 0.2) is 18.2 Å². The van der Waals surface area contributed by atoms with Gasteiger partial charge in [-0.2, -0.15) is 0 Å². The third kappa shape index (κ3) is 1.98. The number of benzene rings is 1. The van der Waals surface area contributed by atoms with E-state index >= 15 is 0 Å². The molecule has 3 heteroatoms. The van der Waals surface area contributed by atoms with Crippen LogP contribution in [0.3, 0.4) is 0 Å². The van der Waals surface area contributed by atoms with Crippen molar-refractivity contribution < 1.29 is 0 Å². The van der Waals surface area contributed by atoms with Crippen molar-refractivity contribution in [1.29, 1.82) is 0 Å². The molecule has 0 radical (unpaired) electrons. The van der Waals surface area contributed by atoms with Crippen LogP contribution in [0.25, 0.3) is 10.9 Å². The average Bonchev–Trinajstić information content (AvgIpc) is 2.21. The zero-order valence-electron chi connectivity index (χ0n) is 9.55. The van der Waals surface area contributed by atoms with Crippen LogP contribution in [0, 0.1) is 6.92 Å². The quantitative estimate of drug-likeness (QED) is 0.860. The fraction of sp³-hybridized carbons (Fsp3) is 0.308. The molecule has 1 heterocycles. The normalized spacial score (nSPS) is 10.9. The van der Waals surface area contributed by atoms with Crippen molar-refractivity contribution in [2.75, 3.05) is 5.73 Å². The van der Waals surface area contributed by atoms with Crippen LogP contribution in [0.2, 0.25) is 5.02 Å². The number of nitrogens with two attached hydrogens (primary N) is 1. The van der Waals surface area contributed by atoms with Gasteiger partial charge in [0.25, 0.3) is 0 Å². The van der Waals surface area contributed by atoms with Crippen LogP contribution in [-0.4, -0.2) is 4.98 Å². The molecule has 0 saturated heterocycles. The second-order valence-electron chi connectivity index (χ2n) is 4.08. The monoisotopic (exact) mass is 234 g/mol. The molecule has 0 aliphatic heterocycles. The summed E-state index contributed by atoms with van der Waals surface area (Å²) in [6.45, 7) is 4.13. The lowest BCUT2D eigenvalue weighted by molar-refractivity contribution is 0.921. The Kier molecular flexibility index (Phi) is 3.01. The molecule has 1 aromatic carbocycles. The molecule has 16 heavy (non-hydrogen) atoms. The van der Waals surface area contributed by atoms with Crippen LogP contribution < -0.4 is 5.73 Å². The Bertz CT molecular complexity index is 535. The molecule has 0 unspecified atom stereocenters. The molecule has 0 saturated carbocycles. The summed E-state index contributed by atoms with van der Waals surface area (Å²) in [6, 6.07) is 5.95. The summed E-state index contributed by atoms with van der Waals surface area (Å²) in [7, 11) is 0. The highest BCUT2D eigenvalue weighted by atomic mass is 35.5. The van der Waals surface area contributed by atoms with E-state index in [0.29, 0.717) is 5.82 Å². The van der Waals surface area contributed by atoms with E-state index < -0.39 is 0 Å². The third-order valence-electron chi connectivity index (χ3n) is 2.71. The molecular formula is C13H15ClN2. The van der Waals surface area contributed by atoms with Gasteiger partial charge in [0.15, 0.2) is 0 Å². The fourth-order valence-electron chi connectivity index (χ4n) is 1.95. The van der Waals surface area contributed by atoms with Gasteiger partial charge in [-0.25, -0.2) is 4.98 Å². The first-order chi connectivity index (χ1) is 7.61. The molecule has 2 nitrogen and oxygen atoms in total. The maximum atomic E-state index is 6.03. The lowest BCUT2D eigenvalue weighted by atomic mass is 10.1. The molecule has 2 rings (SSSR count). The van der Waals surface area contributed by atoms with Crippen LogP contribution in [0.4, 0.5) is 5.82 Å². The van der Waals surface area contributed by atoms with Gasteiger partial charge in [-0.3, -0.25) is 0 Å². The fourth-order valence-corrected chi connectivity index (χ4v) is 2.23. The zero-order valence-corrected chi connectivity index (χ0v) is 10.3. The highest BCUT2D eigenvalue weighted by Crippen LogP contribution is 2.25. The van der Waals surface area contributed by atoms with Gasteiger partial charge in [0.1, 0.15) is 5.82 Å². The van der Waals surface area contributed by atoms with Gasteiger partial charge in [0.05, 0.1) is 5.52 Å². The molecule has 2 aromatic rings. The van der Waals surface area contributed by atoms with E-state index in [0.717, 1.165) is 39.9 Å². The lowest BCUT2D eigenvalue weighted by Gasteiger charge is -2.08. The Labute approximate surface area is 100 Å². The maximum Gasteiger partial charge on any atom is 0.127 e. The van der Waals surface area contributed by atoms with E-state index in [1.165, 1.54) is 0 Å². The summed E-state index contributed by atoms with van der Waals surface area (Å²) in [5, 5.41) is 1.82. The predicted molar refractivity (Wildman–Crippen MR) is 69.9 cm³/mol. The minimum absolute atomic E-state index is 0.639. The smallest absolute Gasteiger partial charge is 0.127 e. The first-order valence-corrected chi connectivity index (χ1v) is 5.85. The van der Waals surface area contributed by atoms with Crippen LogP contribution in [0.5, 0.6) is 0 Å². The van der Waals surface area contributed by atoms with Gasteiger partial charge < -0.3 is 5.73 Å². The van der Waals surface area contributed by atoms with Crippen molar-refractivity contribution in [3.8, 4) is 0 Å². The summed E-state index contributed by atoms with van der Waals surface area (Å²) in [5.41, 5.74) is 9.06. The first-order valence-electron chi connectivity index (χ1n) is 5.47. The predicted octanol–water partition coefficient (Wildman–Crippen LogP) is 3.73. The molecule has 2 N–H and O–H groups in total. The summed E-state index contributed by atoms with van der Waals surface area (Å²) >= 11 is 6.03. The second kappa shape index (κ2) is 4.30. The minimum atomic E-state index is 0.639. The Morgan fingerprint density at radius 3 is 2.75 bits per heavy atom. The molecule has 0 amide bonds. The van der Waals surface area contributed by atoms with Gasteiger partial charge >= 0.3 is 0 Å². The van der Waals surface area contributed by atoms with Gasteiger partial charge in [-0.1, -0.05) is 24.9 Å². The minimum Gasteiger partial charge on any atom is -0.383 e. The average molecular weight is 235 g/mol. The van der Waals surface area contributed by atoms with Crippen LogP contribution in [-0.2, 0) is 6.42 Å². The van der Waals surface area contributed by atoms with Gasteiger partial charge in [0, 0.05) is 10.4 Å². The van der Waals surface area contributed by atoms with E-state index in [1.807, 2.05) is 19.1 Å². The van der Waals surface area contributed by atoms with Gasteiger partial charge in [-0.15, -0.1) is 0 Å². The molecule has 0 aliphatic carbocycles. The zero-order chi connectivity index (χ0) is 11.7. The van der Waals surface area contributed by atoms with E-state index in [-0.39, 0.29) is 0 Å². The lowest BCUT2D eigenvalue weighted by Crippen LogP contribution is -1.99. The largest absolute Gasteiger partial charge is 0.383 e. The van der Waals surface area contributed by atoms with Crippen LogP contribution >= 0.6 is 11.6 Å². The highest BCUT2D eigenvalue weighted by Gasteiger charge is 2.06. The third-order valence-corrected chi connectivity index (χ3v) is 2.92. The van der Waals surface area contributed by atoms with Crippen LogP contribution in [0.1, 0.15) is 24.5 Å². The molecule has 1 aromatic heterocycles. The molecule has 0 fully saturated rings. The molecule has 84 valence electrons. The summed E-state index contributed by atoms with van der Waals surface area (Å²) < 4.78 is 0. The maximum absolute atomic E-state index is 6.03. The molecular weight excluding hydrogens is 220 g/mol. The highest BCUT2D eigenvalue weighted by molar-refractivity contribution is 6.31. The standard InChI is InChI=1S/C13H15ClN2/c1-3-4-9-6-10-7-11(14)5-8(2)12(10)16-13(9)15/h5-7H,3-4H2,1-2H3,(H2,15,16). The first kappa shape index (κ1) is 11.2. The van der Waals surface area contributed by atoms with Gasteiger partial charge in [-0.05, 0) is 42.7 Å². The van der Waals surface area contributed by atoms with Crippen molar-refractivity contribution in [2.45, 2.75) is 26.7 Å². The van der Waals surface area contributed by atoms with E-state index in [4.69, 9.17) is 17.3 Å². The van der Waals surface area contributed by atoms with Crippen molar-refractivity contribution in [3.05, 3.63) is 34.3 Å². The number of hydrogen-bond acceptors (Lipinski definition) is 2. The number of nitrogen functional groups attached to an aromatic ring is 1. The summed E-state index contributed by atoms with van der Waals surface area (Å²) in [5.74, 6) is 0.639. The molecule has 0 bridgehead atoms. The number of rotatable bonds is 2. The van der Waals surface area contributed by atoms with Crippen molar-refractivity contribution in [2.24, 2.45) is 0 Å². The second-order valence-corrected chi connectivity index (χ2v) is 4.51. The Hall–Kier alpha value is -1.28. The summed E-state index contributed by atoms with van der Waals surface area (Å²) in [6.07, 6.45) is 2.03. The number of nitrogens with zero attached hydrogens (tertiary/aromatic N) is 1. The van der Waals surface area contributed by atoms with Crippen molar-refractivity contribution in [3.63, 3.8) is 0 Å². The van der Waals surface area contributed by atoms with Crippen molar-refractivity contribution in [1.82, 2.24) is 4.98 Å².